The van der Waals surface area contributed by atoms with Crippen LogP contribution in [-0.2, 0) is 0 Å². The highest BCUT2D eigenvalue weighted by Crippen LogP contribution is 2.24. The van der Waals surface area contributed by atoms with E-state index < -0.39 is 0 Å². The second-order valence-corrected chi connectivity index (χ2v) is 5.92. The van der Waals surface area contributed by atoms with Crippen molar-refractivity contribution in [1.29, 1.82) is 0 Å². The van der Waals surface area contributed by atoms with Crippen LogP contribution in [0.4, 0.5) is 0 Å². The first-order chi connectivity index (χ1) is 4.85. The van der Waals surface area contributed by atoms with Crippen LogP contribution in [0.2, 0.25) is 0 Å². The molecule has 0 aromatic carbocycles. The minimum absolute atomic E-state index is 0.815. The summed E-state index contributed by atoms with van der Waals surface area (Å²) in [6.45, 7) is 4.45. The highest BCUT2D eigenvalue weighted by molar-refractivity contribution is 8.17. The van der Waals surface area contributed by atoms with Gasteiger partial charge in [-0.25, -0.2) is 0 Å². The van der Waals surface area contributed by atoms with Crippen LogP contribution in [-0.4, -0.2) is 28.1 Å². The van der Waals surface area contributed by atoms with E-state index in [0.29, 0.717) is 0 Å². The van der Waals surface area contributed by atoms with Crippen LogP contribution in [0, 0.1) is 0 Å². The fourth-order valence-corrected chi connectivity index (χ4v) is 3.84. The Morgan fingerprint density at radius 2 is 1.90 bits per heavy atom. The van der Waals surface area contributed by atoms with E-state index in [0.717, 1.165) is 4.58 Å². The SMILES string of the molecule is CCSCC(SC)SCC. The van der Waals surface area contributed by atoms with E-state index >= 15 is 0 Å². The number of thioether (sulfide) groups is 3. The van der Waals surface area contributed by atoms with Gasteiger partial charge in [-0.3, -0.25) is 0 Å². The van der Waals surface area contributed by atoms with Crippen molar-refractivity contribution in [1.82, 2.24) is 0 Å². The zero-order valence-electron chi connectivity index (χ0n) is 6.92. The standard InChI is InChI=1S/C7H16S3/c1-4-9-6-7(8-3)10-5-2/h7H,4-6H2,1-3H3. The van der Waals surface area contributed by atoms with E-state index in [1.54, 1.807) is 0 Å². The maximum atomic E-state index is 2.23. The second kappa shape index (κ2) is 8.15. The van der Waals surface area contributed by atoms with Crippen molar-refractivity contribution in [2.75, 3.05) is 23.5 Å². The lowest BCUT2D eigenvalue weighted by Crippen LogP contribution is -2.00. The van der Waals surface area contributed by atoms with Crippen LogP contribution in [0.25, 0.3) is 0 Å². The molecule has 0 amide bonds. The van der Waals surface area contributed by atoms with Gasteiger partial charge < -0.3 is 0 Å². The maximum absolute atomic E-state index is 2.23. The van der Waals surface area contributed by atoms with Gasteiger partial charge in [0.15, 0.2) is 0 Å². The minimum atomic E-state index is 0.815. The molecule has 1 unspecified atom stereocenters. The Bertz CT molecular complexity index is 65.9. The smallest absolute Gasteiger partial charge is 0.0589 e. The van der Waals surface area contributed by atoms with Gasteiger partial charge in [-0.15, -0.1) is 11.8 Å². The third-order valence-electron chi connectivity index (χ3n) is 1.07. The van der Waals surface area contributed by atoms with Crippen LogP contribution in [0.1, 0.15) is 13.8 Å². The van der Waals surface area contributed by atoms with Crippen LogP contribution in [0.15, 0.2) is 0 Å². The minimum Gasteiger partial charge on any atom is -0.160 e. The summed E-state index contributed by atoms with van der Waals surface area (Å²) >= 11 is 6.07. The third kappa shape index (κ3) is 5.81. The molecular formula is C7H16S3. The molecule has 0 nitrogen and oxygen atoms in total. The molecule has 0 N–H and O–H groups in total. The number of hydrogen-bond donors (Lipinski definition) is 0. The Morgan fingerprint density at radius 1 is 1.20 bits per heavy atom. The molecule has 0 radical (unpaired) electrons. The van der Waals surface area contributed by atoms with E-state index in [-0.39, 0.29) is 0 Å². The molecule has 0 heterocycles. The second-order valence-electron chi connectivity index (χ2n) is 1.78. The Morgan fingerprint density at radius 3 is 2.30 bits per heavy atom. The largest absolute Gasteiger partial charge is 0.160 e. The molecule has 0 bridgehead atoms. The van der Waals surface area contributed by atoms with Gasteiger partial charge in [-0.1, -0.05) is 13.8 Å². The van der Waals surface area contributed by atoms with Gasteiger partial charge in [0.1, 0.15) is 0 Å². The Hall–Kier alpha value is 1.05. The molecule has 1 atom stereocenters. The number of rotatable bonds is 6. The first-order valence-corrected chi connectivity index (χ1v) is 7.06. The molecule has 0 aliphatic heterocycles. The molecule has 0 spiro atoms. The van der Waals surface area contributed by atoms with Gasteiger partial charge in [-0.05, 0) is 17.8 Å². The fraction of sp³-hybridized carbons (Fsp3) is 1.00. The molecule has 0 aliphatic carbocycles. The summed E-state index contributed by atoms with van der Waals surface area (Å²) in [6.07, 6.45) is 2.20. The molecule has 0 aliphatic rings. The first kappa shape index (κ1) is 11.1. The van der Waals surface area contributed by atoms with Gasteiger partial charge in [0, 0.05) is 5.75 Å². The molecule has 0 fully saturated rings. The molecule has 0 rings (SSSR count). The Kier molecular flexibility index (Phi) is 9.01. The van der Waals surface area contributed by atoms with Crippen LogP contribution >= 0.6 is 35.3 Å². The van der Waals surface area contributed by atoms with Crippen molar-refractivity contribution in [2.45, 2.75) is 18.4 Å². The third-order valence-corrected chi connectivity index (χ3v) is 5.02. The summed E-state index contributed by atoms with van der Waals surface area (Å²) in [6, 6.07) is 0. The molecule has 62 valence electrons. The van der Waals surface area contributed by atoms with Gasteiger partial charge in [0.05, 0.1) is 4.58 Å². The van der Waals surface area contributed by atoms with E-state index in [2.05, 4.69) is 31.9 Å². The van der Waals surface area contributed by atoms with Crippen molar-refractivity contribution in [3.8, 4) is 0 Å². The fourth-order valence-electron chi connectivity index (χ4n) is 0.584. The highest BCUT2D eigenvalue weighted by Gasteiger charge is 2.04. The lowest BCUT2D eigenvalue weighted by atomic mass is 10.9. The predicted molar refractivity (Wildman–Crippen MR) is 58.4 cm³/mol. The molecule has 0 aromatic rings. The summed E-state index contributed by atoms with van der Waals surface area (Å²) in [5.74, 6) is 3.80. The zero-order valence-corrected chi connectivity index (χ0v) is 9.37. The molecular weight excluding hydrogens is 180 g/mol. The zero-order chi connectivity index (χ0) is 7.82. The summed E-state index contributed by atoms with van der Waals surface area (Å²) in [4.78, 5) is 0. The quantitative estimate of drug-likeness (QED) is 0.599. The van der Waals surface area contributed by atoms with Gasteiger partial charge in [0.25, 0.3) is 0 Å². The highest BCUT2D eigenvalue weighted by atomic mass is 32.2. The monoisotopic (exact) mass is 196 g/mol. The summed E-state index contributed by atoms with van der Waals surface area (Å²) in [7, 11) is 0. The average molecular weight is 196 g/mol. The average Bonchev–Trinajstić information content (AvgIpc) is 1.98. The van der Waals surface area contributed by atoms with E-state index in [1.807, 2.05) is 23.5 Å². The first-order valence-electron chi connectivity index (χ1n) is 3.57. The van der Waals surface area contributed by atoms with Crippen LogP contribution < -0.4 is 0 Å². The molecule has 3 heteroatoms. The van der Waals surface area contributed by atoms with Gasteiger partial charge in [0.2, 0.25) is 0 Å². The predicted octanol–water partition coefficient (Wildman–Crippen LogP) is 3.18. The van der Waals surface area contributed by atoms with E-state index in [1.165, 1.54) is 17.3 Å². The lowest BCUT2D eigenvalue weighted by molar-refractivity contribution is 1.40. The Labute approximate surface area is 77.3 Å². The van der Waals surface area contributed by atoms with Gasteiger partial charge in [-0.2, -0.15) is 23.5 Å². The normalized spacial score (nSPS) is 13.5. The van der Waals surface area contributed by atoms with Crippen molar-refractivity contribution in [2.24, 2.45) is 0 Å². The topological polar surface area (TPSA) is 0 Å². The number of hydrogen-bond acceptors (Lipinski definition) is 3. The maximum Gasteiger partial charge on any atom is 0.0589 e. The Balaban J connectivity index is 3.21. The van der Waals surface area contributed by atoms with Crippen molar-refractivity contribution in [3.63, 3.8) is 0 Å². The molecule has 0 saturated carbocycles. The van der Waals surface area contributed by atoms with Crippen molar-refractivity contribution in [3.05, 3.63) is 0 Å². The lowest BCUT2D eigenvalue weighted by Gasteiger charge is -2.10. The van der Waals surface area contributed by atoms with E-state index in [4.69, 9.17) is 0 Å². The van der Waals surface area contributed by atoms with Crippen molar-refractivity contribution < 1.29 is 0 Å². The van der Waals surface area contributed by atoms with Crippen LogP contribution in [0.5, 0.6) is 0 Å². The van der Waals surface area contributed by atoms with Crippen LogP contribution in [0.3, 0.4) is 0 Å². The molecule has 10 heavy (non-hydrogen) atoms. The molecule has 0 aromatic heterocycles. The molecule has 0 saturated heterocycles. The summed E-state index contributed by atoms with van der Waals surface area (Å²) in [5.41, 5.74) is 0. The van der Waals surface area contributed by atoms with Gasteiger partial charge >= 0.3 is 0 Å². The van der Waals surface area contributed by atoms with Crippen molar-refractivity contribution >= 4 is 35.3 Å². The summed E-state index contributed by atoms with van der Waals surface area (Å²) < 4.78 is 0.815. The summed E-state index contributed by atoms with van der Waals surface area (Å²) in [5, 5.41) is 0. The van der Waals surface area contributed by atoms with E-state index in [9.17, 15) is 0 Å².